The number of nitrogens with zero attached hydrogens (tertiary/aromatic N) is 2. The van der Waals surface area contributed by atoms with E-state index < -0.39 is 0 Å². The fraction of sp³-hybridized carbons (Fsp3) is 0.200. The average molecular weight is 355 g/mol. The number of hydrogen-bond donors (Lipinski definition) is 1. The Morgan fingerprint density at radius 2 is 1.56 bits per heavy atom. The van der Waals surface area contributed by atoms with Gasteiger partial charge < -0.3 is 9.84 Å². The minimum Gasteiger partial charge on any atom is -0.508 e. The van der Waals surface area contributed by atoms with E-state index >= 15 is 0 Å². The largest absolute Gasteiger partial charge is 0.508 e. The Hall–Kier alpha value is -2.59. The van der Waals surface area contributed by atoms with Gasteiger partial charge in [-0.15, -0.1) is 0 Å². The zero-order chi connectivity index (χ0) is 17.9. The molecule has 0 saturated heterocycles. The van der Waals surface area contributed by atoms with Crippen LogP contribution in [0.5, 0.6) is 11.5 Å². The summed E-state index contributed by atoms with van der Waals surface area (Å²) < 4.78 is 5.75. The van der Waals surface area contributed by atoms with Gasteiger partial charge in [-0.1, -0.05) is 38.1 Å². The molecule has 0 aliphatic heterocycles. The SMILES string of the molecule is CC(C)(c1ccc(O)cc1)c1ccc(OCc2ccnc(Cl)n2)cc1. The monoisotopic (exact) mass is 354 g/mol. The molecule has 4 nitrogen and oxygen atoms in total. The van der Waals surface area contributed by atoms with Gasteiger partial charge in [0.05, 0.1) is 5.69 Å². The van der Waals surface area contributed by atoms with Crippen molar-refractivity contribution in [2.24, 2.45) is 0 Å². The highest BCUT2D eigenvalue weighted by Crippen LogP contribution is 2.33. The summed E-state index contributed by atoms with van der Waals surface area (Å²) in [5, 5.41) is 9.68. The summed E-state index contributed by atoms with van der Waals surface area (Å²) in [5.74, 6) is 1.04. The molecule has 2 aromatic carbocycles. The third-order valence-electron chi connectivity index (χ3n) is 4.24. The van der Waals surface area contributed by atoms with Crippen LogP contribution in [-0.2, 0) is 12.0 Å². The van der Waals surface area contributed by atoms with E-state index in [4.69, 9.17) is 16.3 Å². The molecule has 0 bridgehead atoms. The van der Waals surface area contributed by atoms with Crippen LogP contribution < -0.4 is 4.74 Å². The van der Waals surface area contributed by atoms with Crippen molar-refractivity contribution in [2.75, 3.05) is 0 Å². The molecule has 0 spiro atoms. The summed E-state index contributed by atoms with van der Waals surface area (Å²) in [7, 11) is 0. The molecule has 0 aliphatic rings. The molecule has 3 aromatic rings. The van der Waals surface area contributed by atoms with Crippen LogP contribution in [0.1, 0.15) is 30.7 Å². The van der Waals surface area contributed by atoms with Gasteiger partial charge in [0.1, 0.15) is 18.1 Å². The van der Waals surface area contributed by atoms with Crippen LogP contribution >= 0.6 is 11.6 Å². The average Bonchev–Trinajstić information content (AvgIpc) is 2.61. The van der Waals surface area contributed by atoms with Gasteiger partial charge in [-0.3, -0.25) is 0 Å². The Morgan fingerprint density at radius 1 is 0.960 bits per heavy atom. The number of aromatic nitrogens is 2. The van der Waals surface area contributed by atoms with Crippen LogP contribution in [0.4, 0.5) is 0 Å². The van der Waals surface area contributed by atoms with Gasteiger partial charge >= 0.3 is 0 Å². The zero-order valence-electron chi connectivity index (χ0n) is 14.1. The second-order valence-corrected chi connectivity index (χ2v) is 6.64. The Labute approximate surface area is 152 Å². The molecule has 0 atom stereocenters. The van der Waals surface area contributed by atoms with E-state index in [1.54, 1.807) is 24.4 Å². The van der Waals surface area contributed by atoms with Crippen molar-refractivity contribution < 1.29 is 9.84 Å². The predicted molar refractivity (Wildman–Crippen MR) is 98.1 cm³/mol. The van der Waals surface area contributed by atoms with E-state index in [2.05, 4.69) is 35.9 Å². The third-order valence-corrected chi connectivity index (χ3v) is 4.42. The van der Waals surface area contributed by atoms with E-state index in [0.29, 0.717) is 6.61 Å². The topological polar surface area (TPSA) is 55.2 Å². The first-order valence-electron chi connectivity index (χ1n) is 7.95. The summed E-state index contributed by atoms with van der Waals surface area (Å²) in [6.07, 6.45) is 1.61. The fourth-order valence-corrected chi connectivity index (χ4v) is 2.78. The van der Waals surface area contributed by atoms with E-state index in [0.717, 1.165) is 22.6 Å². The number of phenols is 1. The van der Waals surface area contributed by atoms with Gasteiger partial charge in [-0.05, 0) is 53.1 Å². The molecule has 5 heteroatoms. The number of aromatic hydroxyl groups is 1. The lowest BCUT2D eigenvalue weighted by Crippen LogP contribution is -2.18. The Kier molecular flexibility index (Phi) is 4.91. The van der Waals surface area contributed by atoms with Crippen LogP contribution in [0.2, 0.25) is 5.28 Å². The van der Waals surface area contributed by atoms with Gasteiger partial charge in [0.15, 0.2) is 0 Å². The molecular formula is C20H19ClN2O2. The molecule has 0 fully saturated rings. The number of rotatable bonds is 5. The first kappa shape index (κ1) is 17.2. The van der Waals surface area contributed by atoms with Crippen molar-refractivity contribution in [3.63, 3.8) is 0 Å². The van der Waals surface area contributed by atoms with Gasteiger partial charge in [-0.25, -0.2) is 9.97 Å². The maximum atomic E-state index is 9.47. The van der Waals surface area contributed by atoms with Gasteiger partial charge in [-0.2, -0.15) is 0 Å². The zero-order valence-corrected chi connectivity index (χ0v) is 14.9. The summed E-state index contributed by atoms with van der Waals surface area (Å²) in [6.45, 7) is 4.64. The lowest BCUT2D eigenvalue weighted by atomic mass is 9.78. The molecule has 0 unspecified atom stereocenters. The van der Waals surface area contributed by atoms with E-state index in [9.17, 15) is 5.11 Å². The predicted octanol–water partition coefficient (Wildman–Crippen LogP) is 4.74. The maximum absolute atomic E-state index is 9.47. The molecule has 1 N–H and O–H groups in total. The minimum absolute atomic E-state index is 0.174. The molecule has 25 heavy (non-hydrogen) atoms. The lowest BCUT2D eigenvalue weighted by Gasteiger charge is -2.26. The molecule has 3 rings (SSSR count). The number of phenolic OH excluding ortho intramolecular Hbond substituents is 1. The highest BCUT2D eigenvalue weighted by molar-refractivity contribution is 6.28. The molecular weight excluding hydrogens is 336 g/mol. The smallest absolute Gasteiger partial charge is 0.222 e. The van der Waals surface area contributed by atoms with Gasteiger partial charge in [0, 0.05) is 11.6 Å². The standard InChI is InChI=1S/C20H19ClN2O2/c1-20(2,14-3-7-17(24)8-4-14)15-5-9-18(10-6-15)25-13-16-11-12-22-19(21)23-16/h3-12,24H,13H2,1-2H3. The Morgan fingerprint density at radius 3 is 2.16 bits per heavy atom. The second kappa shape index (κ2) is 7.11. The quantitative estimate of drug-likeness (QED) is 0.672. The van der Waals surface area contributed by atoms with Crippen molar-refractivity contribution in [1.29, 1.82) is 0 Å². The minimum atomic E-state index is -0.174. The summed E-state index contributed by atoms with van der Waals surface area (Å²) in [6, 6.07) is 17.1. The molecule has 0 saturated carbocycles. The molecule has 0 aliphatic carbocycles. The highest BCUT2D eigenvalue weighted by atomic mass is 35.5. The van der Waals surface area contributed by atoms with Crippen LogP contribution in [0.3, 0.4) is 0 Å². The van der Waals surface area contributed by atoms with Crippen LogP contribution in [0, 0.1) is 0 Å². The molecule has 1 aromatic heterocycles. The van der Waals surface area contributed by atoms with Gasteiger partial charge in [0.25, 0.3) is 0 Å². The summed E-state index contributed by atoms with van der Waals surface area (Å²) in [5.41, 5.74) is 2.85. The van der Waals surface area contributed by atoms with Crippen molar-refractivity contribution in [2.45, 2.75) is 25.9 Å². The van der Waals surface area contributed by atoms with E-state index in [1.165, 1.54) is 0 Å². The van der Waals surface area contributed by atoms with Crippen LogP contribution in [0.15, 0.2) is 60.8 Å². The third kappa shape index (κ3) is 4.09. The van der Waals surface area contributed by atoms with Crippen LogP contribution in [0.25, 0.3) is 0 Å². The molecule has 128 valence electrons. The van der Waals surface area contributed by atoms with Gasteiger partial charge in [0.2, 0.25) is 5.28 Å². The Bertz CT molecular complexity index is 846. The number of benzene rings is 2. The number of halogens is 1. The molecule has 0 amide bonds. The lowest BCUT2D eigenvalue weighted by molar-refractivity contribution is 0.301. The van der Waals surface area contributed by atoms with Crippen molar-refractivity contribution >= 4 is 11.6 Å². The van der Waals surface area contributed by atoms with E-state index in [1.807, 2.05) is 24.3 Å². The fourth-order valence-electron chi connectivity index (χ4n) is 2.62. The maximum Gasteiger partial charge on any atom is 0.222 e. The van der Waals surface area contributed by atoms with E-state index in [-0.39, 0.29) is 16.4 Å². The van der Waals surface area contributed by atoms with Crippen molar-refractivity contribution in [3.8, 4) is 11.5 Å². The Balaban J connectivity index is 1.72. The first-order chi connectivity index (χ1) is 11.9. The summed E-state index contributed by atoms with van der Waals surface area (Å²) in [4.78, 5) is 7.95. The second-order valence-electron chi connectivity index (χ2n) is 6.30. The normalized spacial score (nSPS) is 11.3. The first-order valence-corrected chi connectivity index (χ1v) is 8.33. The number of ether oxygens (including phenoxy) is 1. The van der Waals surface area contributed by atoms with Crippen LogP contribution in [-0.4, -0.2) is 15.1 Å². The summed E-state index contributed by atoms with van der Waals surface area (Å²) >= 11 is 5.77. The highest BCUT2D eigenvalue weighted by Gasteiger charge is 2.23. The molecule has 1 heterocycles. The molecule has 0 radical (unpaired) electrons. The number of hydrogen-bond acceptors (Lipinski definition) is 4. The van der Waals surface area contributed by atoms with Crippen molar-refractivity contribution in [3.05, 3.63) is 82.9 Å². The van der Waals surface area contributed by atoms with Crippen molar-refractivity contribution in [1.82, 2.24) is 9.97 Å².